The number of benzene rings is 2. The standard InChI is InChI=1S/C19H22O/c1-3-4-5-14-19(20)18-13-9-8-12-17(18)16-11-7-6-10-15(16)2/h6-13H,3-5,14H2,1-2H3. The number of Topliss-reactive ketones (excluding diaryl/α,β-unsaturated/α-hetero) is 1. The smallest absolute Gasteiger partial charge is 0.163 e. The lowest BCUT2D eigenvalue weighted by Gasteiger charge is -2.11. The Morgan fingerprint density at radius 3 is 2.25 bits per heavy atom. The summed E-state index contributed by atoms with van der Waals surface area (Å²) in [5.74, 6) is 0.261. The van der Waals surface area contributed by atoms with Gasteiger partial charge >= 0.3 is 0 Å². The first-order valence-corrected chi connectivity index (χ1v) is 7.42. The van der Waals surface area contributed by atoms with Crippen LogP contribution < -0.4 is 0 Å². The Morgan fingerprint density at radius 2 is 1.55 bits per heavy atom. The van der Waals surface area contributed by atoms with Gasteiger partial charge in [0.25, 0.3) is 0 Å². The number of unbranched alkanes of at least 4 members (excludes halogenated alkanes) is 2. The van der Waals surface area contributed by atoms with E-state index in [4.69, 9.17) is 0 Å². The van der Waals surface area contributed by atoms with Gasteiger partial charge in [-0.25, -0.2) is 0 Å². The van der Waals surface area contributed by atoms with Crippen LogP contribution in [0, 0.1) is 6.92 Å². The predicted octanol–water partition coefficient (Wildman–Crippen LogP) is 5.43. The second kappa shape index (κ2) is 7.04. The maximum absolute atomic E-state index is 12.4. The van der Waals surface area contributed by atoms with Crippen LogP contribution in [0.3, 0.4) is 0 Å². The summed E-state index contributed by atoms with van der Waals surface area (Å²) in [4.78, 5) is 12.4. The molecule has 20 heavy (non-hydrogen) atoms. The molecule has 1 heteroatoms. The lowest BCUT2D eigenvalue weighted by Crippen LogP contribution is -2.02. The van der Waals surface area contributed by atoms with Gasteiger partial charge in [0.15, 0.2) is 5.78 Å². The zero-order valence-electron chi connectivity index (χ0n) is 12.4. The molecule has 0 saturated carbocycles. The Morgan fingerprint density at radius 1 is 0.900 bits per heavy atom. The summed E-state index contributed by atoms with van der Waals surface area (Å²) in [5.41, 5.74) is 4.29. The maximum atomic E-state index is 12.4. The molecule has 0 aromatic heterocycles. The maximum Gasteiger partial charge on any atom is 0.163 e. The highest BCUT2D eigenvalue weighted by Gasteiger charge is 2.12. The Balaban J connectivity index is 2.31. The van der Waals surface area contributed by atoms with Crippen molar-refractivity contribution >= 4 is 5.78 Å². The largest absolute Gasteiger partial charge is 0.294 e. The highest BCUT2D eigenvalue weighted by molar-refractivity contribution is 6.02. The van der Waals surface area contributed by atoms with Gasteiger partial charge in [0.05, 0.1) is 0 Å². The van der Waals surface area contributed by atoms with E-state index >= 15 is 0 Å². The quantitative estimate of drug-likeness (QED) is 0.503. The van der Waals surface area contributed by atoms with Crippen molar-refractivity contribution in [1.82, 2.24) is 0 Å². The molecule has 0 fully saturated rings. The number of ketones is 1. The zero-order chi connectivity index (χ0) is 14.4. The highest BCUT2D eigenvalue weighted by Crippen LogP contribution is 2.27. The average molecular weight is 266 g/mol. The van der Waals surface area contributed by atoms with E-state index < -0.39 is 0 Å². The van der Waals surface area contributed by atoms with Crippen molar-refractivity contribution < 1.29 is 4.79 Å². The molecule has 0 N–H and O–H groups in total. The molecular formula is C19H22O. The molecule has 0 radical (unpaired) electrons. The van der Waals surface area contributed by atoms with E-state index in [1.807, 2.05) is 30.3 Å². The first-order valence-electron chi connectivity index (χ1n) is 7.42. The molecule has 0 spiro atoms. The topological polar surface area (TPSA) is 17.1 Å². The molecule has 0 unspecified atom stereocenters. The lowest BCUT2D eigenvalue weighted by molar-refractivity contribution is 0.0980. The van der Waals surface area contributed by atoms with Crippen LogP contribution in [-0.2, 0) is 0 Å². The summed E-state index contributed by atoms with van der Waals surface area (Å²) < 4.78 is 0. The molecule has 0 aliphatic carbocycles. The van der Waals surface area contributed by atoms with Crippen molar-refractivity contribution in [3.8, 4) is 11.1 Å². The Labute approximate surface area is 121 Å². The van der Waals surface area contributed by atoms with Crippen LogP contribution in [0.4, 0.5) is 0 Å². The van der Waals surface area contributed by atoms with Gasteiger partial charge in [0.2, 0.25) is 0 Å². The van der Waals surface area contributed by atoms with Crippen molar-refractivity contribution in [2.45, 2.75) is 39.5 Å². The molecule has 2 rings (SSSR count). The molecule has 0 saturated heterocycles. The minimum atomic E-state index is 0.261. The molecule has 104 valence electrons. The summed E-state index contributed by atoms with van der Waals surface area (Å²) >= 11 is 0. The van der Waals surface area contributed by atoms with Crippen molar-refractivity contribution in [2.24, 2.45) is 0 Å². The van der Waals surface area contributed by atoms with Crippen LogP contribution in [0.25, 0.3) is 11.1 Å². The number of carbonyl (C=O) groups excluding carboxylic acids is 1. The SMILES string of the molecule is CCCCCC(=O)c1ccccc1-c1ccccc1C. The predicted molar refractivity (Wildman–Crippen MR) is 85.1 cm³/mol. The average Bonchev–Trinajstić information content (AvgIpc) is 2.48. The molecule has 0 amide bonds. The number of hydrogen-bond donors (Lipinski definition) is 0. The van der Waals surface area contributed by atoms with E-state index in [9.17, 15) is 4.79 Å². The molecule has 0 aliphatic rings. The van der Waals surface area contributed by atoms with Gasteiger partial charge < -0.3 is 0 Å². The Bertz CT molecular complexity index is 584. The number of carbonyl (C=O) groups is 1. The summed E-state index contributed by atoms with van der Waals surface area (Å²) in [6.45, 7) is 4.25. The molecular weight excluding hydrogens is 244 g/mol. The van der Waals surface area contributed by atoms with Crippen LogP contribution in [0.2, 0.25) is 0 Å². The second-order valence-electron chi connectivity index (χ2n) is 5.24. The van der Waals surface area contributed by atoms with Gasteiger partial charge in [0, 0.05) is 12.0 Å². The minimum absolute atomic E-state index is 0.261. The van der Waals surface area contributed by atoms with Gasteiger partial charge in [-0.3, -0.25) is 4.79 Å². The third kappa shape index (κ3) is 3.36. The van der Waals surface area contributed by atoms with Crippen LogP contribution in [0.15, 0.2) is 48.5 Å². The summed E-state index contributed by atoms with van der Waals surface area (Å²) in [6, 6.07) is 16.2. The zero-order valence-corrected chi connectivity index (χ0v) is 12.4. The van der Waals surface area contributed by atoms with Crippen molar-refractivity contribution in [1.29, 1.82) is 0 Å². The third-order valence-electron chi connectivity index (χ3n) is 3.67. The first-order chi connectivity index (χ1) is 9.74. The summed E-state index contributed by atoms with van der Waals surface area (Å²) in [6.07, 6.45) is 3.90. The van der Waals surface area contributed by atoms with Gasteiger partial charge in [-0.05, 0) is 30.0 Å². The fourth-order valence-corrected chi connectivity index (χ4v) is 2.51. The normalized spacial score (nSPS) is 10.5. The summed E-state index contributed by atoms with van der Waals surface area (Å²) in [7, 11) is 0. The molecule has 2 aromatic carbocycles. The van der Waals surface area contributed by atoms with Crippen molar-refractivity contribution in [3.63, 3.8) is 0 Å². The molecule has 1 nitrogen and oxygen atoms in total. The summed E-state index contributed by atoms with van der Waals surface area (Å²) in [5, 5.41) is 0. The molecule has 0 atom stereocenters. The molecule has 0 aliphatic heterocycles. The monoisotopic (exact) mass is 266 g/mol. The van der Waals surface area contributed by atoms with E-state index in [0.717, 1.165) is 36.0 Å². The number of hydrogen-bond acceptors (Lipinski definition) is 1. The van der Waals surface area contributed by atoms with E-state index in [2.05, 4.69) is 32.0 Å². The van der Waals surface area contributed by atoms with Crippen LogP contribution >= 0.6 is 0 Å². The molecule has 0 heterocycles. The van der Waals surface area contributed by atoms with E-state index in [1.165, 1.54) is 5.56 Å². The van der Waals surface area contributed by atoms with Crippen LogP contribution in [-0.4, -0.2) is 5.78 Å². The fourth-order valence-electron chi connectivity index (χ4n) is 2.51. The van der Waals surface area contributed by atoms with Crippen LogP contribution in [0.5, 0.6) is 0 Å². The highest BCUT2D eigenvalue weighted by atomic mass is 16.1. The van der Waals surface area contributed by atoms with E-state index in [0.29, 0.717) is 6.42 Å². The second-order valence-corrected chi connectivity index (χ2v) is 5.24. The third-order valence-corrected chi connectivity index (χ3v) is 3.67. The molecule has 0 bridgehead atoms. The Kier molecular flexibility index (Phi) is 5.11. The minimum Gasteiger partial charge on any atom is -0.294 e. The van der Waals surface area contributed by atoms with Gasteiger partial charge in [-0.2, -0.15) is 0 Å². The van der Waals surface area contributed by atoms with Gasteiger partial charge in [0.1, 0.15) is 0 Å². The van der Waals surface area contributed by atoms with Gasteiger partial charge in [-0.15, -0.1) is 0 Å². The first kappa shape index (κ1) is 14.5. The molecule has 2 aromatic rings. The van der Waals surface area contributed by atoms with Crippen molar-refractivity contribution in [3.05, 3.63) is 59.7 Å². The van der Waals surface area contributed by atoms with Crippen LogP contribution in [0.1, 0.15) is 48.5 Å². The lowest BCUT2D eigenvalue weighted by atomic mass is 9.92. The Hall–Kier alpha value is -1.89. The van der Waals surface area contributed by atoms with Gasteiger partial charge in [-0.1, -0.05) is 68.3 Å². The van der Waals surface area contributed by atoms with E-state index in [1.54, 1.807) is 0 Å². The number of aryl methyl sites for hydroxylation is 1. The number of rotatable bonds is 6. The fraction of sp³-hybridized carbons (Fsp3) is 0.316. The van der Waals surface area contributed by atoms with Crippen molar-refractivity contribution in [2.75, 3.05) is 0 Å². The van der Waals surface area contributed by atoms with E-state index in [-0.39, 0.29) is 5.78 Å².